The largest absolute Gasteiger partial charge is 0.493 e. The number of ether oxygens (including phenoxy) is 1. The molecule has 17 heavy (non-hydrogen) atoms. The predicted molar refractivity (Wildman–Crippen MR) is 73.9 cm³/mol. The zero-order valence-electron chi connectivity index (χ0n) is 10.3. The summed E-state index contributed by atoms with van der Waals surface area (Å²) in [5, 5.41) is 1.11. The van der Waals surface area contributed by atoms with Crippen molar-refractivity contribution in [1.82, 2.24) is 0 Å². The first-order valence-electron chi connectivity index (χ1n) is 6.50. The minimum Gasteiger partial charge on any atom is -0.493 e. The summed E-state index contributed by atoms with van der Waals surface area (Å²) < 4.78 is 5.79. The predicted octanol–water partition coefficient (Wildman–Crippen LogP) is 4.36. The molecule has 1 aromatic rings. The number of hydrogen-bond acceptors (Lipinski definition) is 1. The van der Waals surface area contributed by atoms with E-state index in [2.05, 4.69) is 47.1 Å². The molecule has 0 aromatic heterocycles. The highest BCUT2D eigenvalue weighted by Gasteiger charge is 2.43. The Morgan fingerprint density at radius 1 is 1.35 bits per heavy atom. The normalized spacial score (nSPS) is 26.1. The number of alkyl halides is 1. The third kappa shape index (κ3) is 2.12. The number of fused-ring (bicyclic) bond motifs is 1. The minimum absolute atomic E-state index is 0.450. The van der Waals surface area contributed by atoms with Crippen molar-refractivity contribution in [3.05, 3.63) is 29.8 Å². The van der Waals surface area contributed by atoms with Crippen LogP contribution in [0.5, 0.6) is 5.75 Å². The van der Waals surface area contributed by atoms with E-state index in [9.17, 15) is 0 Å². The van der Waals surface area contributed by atoms with Crippen LogP contribution in [0.3, 0.4) is 0 Å². The van der Waals surface area contributed by atoms with Gasteiger partial charge in [0, 0.05) is 16.8 Å². The average molecular weight is 295 g/mol. The van der Waals surface area contributed by atoms with Crippen LogP contribution in [0.4, 0.5) is 0 Å². The fourth-order valence-corrected chi connectivity index (χ4v) is 3.76. The summed E-state index contributed by atoms with van der Waals surface area (Å²) >= 11 is 3.72. The molecule has 1 heterocycles. The molecule has 0 N–H and O–H groups in total. The van der Waals surface area contributed by atoms with Crippen LogP contribution < -0.4 is 4.74 Å². The van der Waals surface area contributed by atoms with Crippen molar-refractivity contribution in [2.45, 2.75) is 32.1 Å². The fourth-order valence-electron chi connectivity index (χ4n) is 3.07. The lowest BCUT2D eigenvalue weighted by Crippen LogP contribution is -2.24. The smallest absolute Gasteiger partial charge is 0.122 e. The lowest BCUT2D eigenvalue weighted by atomic mass is 9.77. The van der Waals surface area contributed by atoms with Gasteiger partial charge in [-0.2, -0.15) is 0 Å². The van der Waals surface area contributed by atoms with E-state index in [1.165, 1.54) is 24.8 Å². The first kappa shape index (κ1) is 11.6. The Kier molecular flexibility index (Phi) is 2.94. The number of hydrogen-bond donors (Lipinski definition) is 0. The standard InChI is InChI=1S/C15H19BrO/c1-15(10-16,12-6-7-12)8-11-9-17-14-5-3-2-4-13(11)14/h2-5,11-12H,6-10H2,1H3. The van der Waals surface area contributed by atoms with Crippen molar-refractivity contribution in [2.75, 3.05) is 11.9 Å². The molecule has 1 saturated carbocycles. The van der Waals surface area contributed by atoms with Crippen LogP contribution >= 0.6 is 15.9 Å². The van der Waals surface area contributed by atoms with Gasteiger partial charge in [0.15, 0.2) is 0 Å². The maximum absolute atomic E-state index is 5.79. The van der Waals surface area contributed by atoms with Crippen molar-refractivity contribution in [1.29, 1.82) is 0 Å². The van der Waals surface area contributed by atoms with E-state index in [-0.39, 0.29) is 0 Å². The third-order valence-electron chi connectivity index (χ3n) is 4.38. The molecule has 0 spiro atoms. The van der Waals surface area contributed by atoms with Crippen molar-refractivity contribution >= 4 is 15.9 Å². The molecule has 0 amide bonds. The van der Waals surface area contributed by atoms with E-state index in [1.54, 1.807) is 0 Å². The van der Waals surface area contributed by atoms with Crippen molar-refractivity contribution in [2.24, 2.45) is 11.3 Å². The van der Waals surface area contributed by atoms with E-state index in [0.29, 0.717) is 11.3 Å². The Hall–Kier alpha value is -0.500. The fraction of sp³-hybridized carbons (Fsp3) is 0.600. The van der Waals surface area contributed by atoms with Crippen molar-refractivity contribution < 1.29 is 4.74 Å². The van der Waals surface area contributed by atoms with E-state index in [4.69, 9.17) is 4.74 Å². The summed E-state index contributed by atoms with van der Waals surface area (Å²) in [6.07, 6.45) is 4.08. The molecule has 2 atom stereocenters. The topological polar surface area (TPSA) is 9.23 Å². The summed E-state index contributed by atoms with van der Waals surface area (Å²) in [7, 11) is 0. The molecular weight excluding hydrogens is 276 g/mol. The summed E-state index contributed by atoms with van der Waals surface area (Å²) in [5.74, 6) is 2.62. The maximum Gasteiger partial charge on any atom is 0.122 e. The van der Waals surface area contributed by atoms with Gasteiger partial charge in [-0.15, -0.1) is 0 Å². The lowest BCUT2D eigenvalue weighted by molar-refractivity contribution is 0.238. The van der Waals surface area contributed by atoms with Crippen LogP contribution in [-0.2, 0) is 0 Å². The molecule has 2 heteroatoms. The Balaban J connectivity index is 1.78. The summed E-state index contributed by atoms with van der Waals surface area (Å²) in [5.41, 5.74) is 1.87. The van der Waals surface area contributed by atoms with Gasteiger partial charge < -0.3 is 4.74 Å². The number of rotatable bonds is 4. The monoisotopic (exact) mass is 294 g/mol. The SMILES string of the molecule is CC(CBr)(CC1COc2ccccc21)C1CC1. The van der Waals surface area contributed by atoms with Gasteiger partial charge in [-0.25, -0.2) is 0 Å². The van der Waals surface area contributed by atoms with Gasteiger partial charge in [0.25, 0.3) is 0 Å². The van der Waals surface area contributed by atoms with Gasteiger partial charge in [-0.05, 0) is 36.7 Å². The van der Waals surface area contributed by atoms with Crippen LogP contribution in [-0.4, -0.2) is 11.9 Å². The van der Waals surface area contributed by atoms with Gasteiger partial charge >= 0.3 is 0 Å². The van der Waals surface area contributed by atoms with Crippen LogP contribution in [0, 0.1) is 11.3 Å². The number of halogens is 1. The van der Waals surface area contributed by atoms with Gasteiger partial charge in [0.2, 0.25) is 0 Å². The molecule has 1 aromatic carbocycles. The summed E-state index contributed by atoms with van der Waals surface area (Å²) in [6, 6.07) is 8.52. The van der Waals surface area contributed by atoms with Crippen molar-refractivity contribution in [3.63, 3.8) is 0 Å². The Bertz CT molecular complexity index is 413. The van der Waals surface area contributed by atoms with Gasteiger partial charge in [-0.3, -0.25) is 0 Å². The Morgan fingerprint density at radius 3 is 2.82 bits per heavy atom. The highest BCUT2D eigenvalue weighted by molar-refractivity contribution is 9.09. The van der Waals surface area contributed by atoms with E-state index < -0.39 is 0 Å². The summed E-state index contributed by atoms with van der Waals surface area (Å²) in [6.45, 7) is 3.30. The van der Waals surface area contributed by atoms with Gasteiger partial charge in [0.1, 0.15) is 5.75 Å². The van der Waals surface area contributed by atoms with Crippen molar-refractivity contribution in [3.8, 4) is 5.75 Å². The quantitative estimate of drug-likeness (QED) is 0.750. The van der Waals surface area contributed by atoms with Crippen LogP contribution in [0.25, 0.3) is 0 Å². The molecule has 1 aliphatic carbocycles. The minimum atomic E-state index is 0.450. The third-order valence-corrected chi connectivity index (χ3v) is 5.66. The second-order valence-corrected chi connectivity index (χ2v) is 6.37. The lowest BCUT2D eigenvalue weighted by Gasteiger charge is -2.30. The molecule has 3 rings (SSSR count). The van der Waals surface area contributed by atoms with E-state index >= 15 is 0 Å². The molecule has 2 unspecified atom stereocenters. The van der Waals surface area contributed by atoms with Gasteiger partial charge in [0.05, 0.1) is 6.61 Å². The van der Waals surface area contributed by atoms with Crippen LogP contribution in [0.2, 0.25) is 0 Å². The number of benzene rings is 1. The van der Waals surface area contributed by atoms with Gasteiger partial charge in [-0.1, -0.05) is 41.1 Å². The Morgan fingerprint density at radius 2 is 2.12 bits per heavy atom. The Labute approximate surface area is 112 Å². The van der Waals surface area contributed by atoms with Crippen LogP contribution in [0.1, 0.15) is 37.7 Å². The molecule has 1 aliphatic heterocycles. The molecule has 0 saturated heterocycles. The highest BCUT2D eigenvalue weighted by atomic mass is 79.9. The molecule has 1 fully saturated rings. The highest BCUT2D eigenvalue weighted by Crippen LogP contribution is 2.52. The zero-order valence-corrected chi connectivity index (χ0v) is 11.9. The summed E-state index contributed by atoms with van der Waals surface area (Å²) in [4.78, 5) is 0. The average Bonchev–Trinajstić information content (AvgIpc) is 3.14. The molecule has 2 aliphatic rings. The van der Waals surface area contributed by atoms with E-state index in [1.807, 2.05) is 0 Å². The molecule has 1 nitrogen and oxygen atoms in total. The second kappa shape index (κ2) is 4.31. The molecule has 0 bridgehead atoms. The van der Waals surface area contributed by atoms with E-state index in [0.717, 1.165) is 23.6 Å². The first-order valence-corrected chi connectivity index (χ1v) is 7.63. The molecular formula is C15H19BrO. The first-order chi connectivity index (χ1) is 8.23. The molecule has 0 radical (unpaired) electrons. The number of para-hydroxylation sites is 1. The molecule has 92 valence electrons. The second-order valence-electron chi connectivity index (χ2n) is 5.81. The maximum atomic E-state index is 5.79. The van der Waals surface area contributed by atoms with Crippen LogP contribution in [0.15, 0.2) is 24.3 Å². The zero-order chi connectivity index (χ0) is 11.9.